The largest absolute Gasteiger partial charge is 0.351 e. The minimum absolute atomic E-state index is 0.0546. The van der Waals surface area contributed by atoms with Gasteiger partial charge >= 0.3 is 0 Å². The topological polar surface area (TPSA) is 88.4 Å². The van der Waals surface area contributed by atoms with Crippen LogP contribution in [-0.4, -0.2) is 46.4 Å². The van der Waals surface area contributed by atoms with Crippen molar-refractivity contribution >= 4 is 23.2 Å². The minimum Gasteiger partial charge on any atom is -0.351 e. The number of nitrogens with one attached hydrogen (secondary N) is 1. The Morgan fingerprint density at radius 1 is 1.62 bits per heavy atom. The average Bonchev–Trinajstić information content (AvgIpc) is 3.27. The van der Waals surface area contributed by atoms with E-state index in [1.165, 1.54) is 18.9 Å². The summed E-state index contributed by atoms with van der Waals surface area (Å²) in [5, 5.41) is 13.6. The van der Waals surface area contributed by atoms with E-state index in [1.54, 1.807) is 0 Å². The van der Waals surface area contributed by atoms with Crippen molar-refractivity contribution in [2.75, 3.05) is 19.6 Å². The van der Waals surface area contributed by atoms with Gasteiger partial charge in [0.2, 0.25) is 0 Å². The van der Waals surface area contributed by atoms with Gasteiger partial charge in [-0.2, -0.15) is 0 Å². The molecule has 21 heavy (non-hydrogen) atoms. The highest BCUT2D eigenvalue weighted by Crippen LogP contribution is 2.26. The molecule has 0 bridgehead atoms. The molecule has 1 saturated carbocycles. The Morgan fingerprint density at radius 3 is 2.90 bits per heavy atom. The van der Waals surface area contributed by atoms with Crippen molar-refractivity contribution in [2.24, 2.45) is 0 Å². The van der Waals surface area contributed by atoms with Crippen LogP contribution in [0.2, 0.25) is 5.15 Å². The maximum atomic E-state index is 12.1. The van der Waals surface area contributed by atoms with Crippen molar-refractivity contribution in [1.29, 1.82) is 0 Å². The van der Waals surface area contributed by atoms with Crippen molar-refractivity contribution in [3.63, 3.8) is 0 Å². The third kappa shape index (κ3) is 4.12. The van der Waals surface area contributed by atoms with E-state index in [1.807, 2.05) is 0 Å². The van der Waals surface area contributed by atoms with Crippen LogP contribution in [0.4, 0.5) is 5.69 Å². The third-order valence-electron chi connectivity index (χ3n) is 3.44. The second-order valence-corrected chi connectivity index (χ2v) is 5.28. The number of nitro groups is 1. The van der Waals surface area contributed by atoms with E-state index >= 15 is 0 Å². The molecule has 1 N–H and O–H groups in total. The molecule has 7 nitrogen and oxygen atoms in total. The van der Waals surface area contributed by atoms with E-state index < -0.39 is 10.8 Å². The standard InChI is InChI=1S/C13H17ClN4O3/c1-2-17(9-3-4-9)6-5-15-13(19)10-7-12(14)16-8-11(10)18(20)21/h7-9H,2-6H2,1H3,(H,15,19). The molecule has 1 amide bonds. The molecule has 0 aromatic carbocycles. The van der Waals surface area contributed by atoms with Gasteiger partial charge in [0.1, 0.15) is 16.9 Å². The first kappa shape index (κ1) is 15.7. The summed E-state index contributed by atoms with van der Waals surface area (Å²) in [4.78, 5) is 28.2. The summed E-state index contributed by atoms with van der Waals surface area (Å²) in [5.74, 6) is -0.502. The van der Waals surface area contributed by atoms with E-state index in [2.05, 4.69) is 22.1 Å². The van der Waals surface area contributed by atoms with Gasteiger partial charge in [0.15, 0.2) is 0 Å². The highest BCUT2D eigenvalue weighted by atomic mass is 35.5. The molecular formula is C13H17ClN4O3. The molecule has 1 heterocycles. The molecule has 1 fully saturated rings. The second kappa shape index (κ2) is 6.82. The van der Waals surface area contributed by atoms with Crippen molar-refractivity contribution in [3.8, 4) is 0 Å². The van der Waals surface area contributed by atoms with E-state index in [4.69, 9.17) is 11.6 Å². The highest BCUT2D eigenvalue weighted by Gasteiger charge is 2.27. The number of hydrogen-bond donors (Lipinski definition) is 1. The molecule has 0 spiro atoms. The van der Waals surface area contributed by atoms with Crippen LogP contribution in [0.25, 0.3) is 0 Å². The van der Waals surface area contributed by atoms with Crippen LogP contribution in [-0.2, 0) is 0 Å². The Morgan fingerprint density at radius 2 is 2.33 bits per heavy atom. The highest BCUT2D eigenvalue weighted by molar-refractivity contribution is 6.29. The van der Waals surface area contributed by atoms with Gasteiger partial charge < -0.3 is 5.32 Å². The second-order valence-electron chi connectivity index (χ2n) is 4.90. The quantitative estimate of drug-likeness (QED) is 0.471. The molecular weight excluding hydrogens is 296 g/mol. The van der Waals surface area contributed by atoms with E-state index in [0.29, 0.717) is 12.6 Å². The van der Waals surface area contributed by atoms with Gasteiger partial charge in [-0.15, -0.1) is 0 Å². The molecule has 1 aromatic rings. The average molecular weight is 313 g/mol. The molecule has 1 aliphatic carbocycles. The van der Waals surface area contributed by atoms with Gasteiger partial charge in [0, 0.05) is 19.1 Å². The number of carbonyl (C=O) groups excluding carboxylic acids is 1. The lowest BCUT2D eigenvalue weighted by Crippen LogP contribution is -2.36. The number of amides is 1. The Bertz CT molecular complexity index is 548. The monoisotopic (exact) mass is 312 g/mol. The number of likely N-dealkylation sites (N-methyl/N-ethyl adjacent to an activating group) is 1. The van der Waals surface area contributed by atoms with Crippen molar-refractivity contribution in [2.45, 2.75) is 25.8 Å². The van der Waals surface area contributed by atoms with Gasteiger partial charge in [-0.1, -0.05) is 18.5 Å². The summed E-state index contributed by atoms with van der Waals surface area (Å²) >= 11 is 5.70. The van der Waals surface area contributed by atoms with Crippen LogP contribution in [0, 0.1) is 10.1 Å². The van der Waals surface area contributed by atoms with Gasteiger partial charge in [0.25, 0.3) is 11.6 Å². The number of halogens is 1. The molecule has 0 atom stereocenters. The normalized spacial score (nSPS) is 14.2. The van der Waals surface area contributed by atoms with Gasteiger partial charge in [0.05, 0.1) is 4.92 Å². The van der Waals surface area contributed by atoms with E-state index in [-0.39, 0.29) is 16.4 Å². The molecule has 0 aliphatic heterocycles. The Labute approximate surface area is 127 Å². The maximum absolute atomic E-state index is 12.1. The fourth-order valence-corrected chi connectivity index (χ4v) is 2.35. The summed E-state index contributed by atoms with van der Waals surface area (Å²) in [7, 11) is 0. The Hall–Kier alpha value is -1.73. The fraction of sp³-hybridized carbons (Fsp3) is 0.538. The lowest BCUT2D eigenvalue weighted by atomic mass is 10.2. The lowest BCUT2D eigenvalue weighted by molar-refractivity contribution is -0.385. The summed E-state index contributed by atoms with van der Waals surface area (Å²) < 4.78 is 0. The molecule has 0 saturated heterocycles. The van der Waals surface area contributed by atoms with Gasteiger partial charge in [-0.25, -0.2) is 4.98 Å². The van der Waals surface area contributed by atoms with Crippen molar-refractivity contribution in [1.82, 2.24) is 15.2 Å². The summed E-state index contributed by atoms with van der Waals surface area (Å²) in [6, 6.07) is 1.84. The zero-order chi connectivity index (χ0) is 15.4. The number of nitrogens with zero attached hydrogens (tertiary/aromatic N) is 3. The van der Waals surface area contributed by atoms with Gasteiger partial charge in [-0.3, -0.25) is 19.8 Å². The van der Waals surface area contributed by atoms with Crippen LogP contribution < -0.4 is 5.32 Å². The smallest absolute Gasteiger partial charge is 0.300 e. The molecule has 1 aliphatic rings. The molecule has 0 radical (unpaired) electrons. The minimum atomic E-state index is -0.638. The lowest BCUT2D eigenvalue weighted by Gasteiger charge is -2.19. The van der Waals surface area contributed by atoms with Crippen LogP contribution >= 0.6 is 11.6 Å². The molecule has 1 aromatic heterocycles. The number of hydrogen-bond acceptors (Lipinski definition) is 5. The van der Waals surface area contributed by atoms with Crippen LogP contribution in [0.1, 0.15) is 30.1 Å². The predicted octanol–water partition coefficient (Wildman–Crippen LogP) is 1.86. The number of rotatable bonds is 7. The molecule has 8 heteroatoms. The number of aromatic nitrogens is 1. The molecule has 2 rings (SSSR count). The zero-order valence-corrected chi connectivity index (χ0v) is 12.5. The zero-order valence-electron chi connectivity index (χ0n) is 11.7. The van der Waals surface area contributed by atoms with E-state index in [9.17, 15) is 14.9 Å². The third-order valence-corrected chi connectivity index (χ3v) is 3.65. The van der Waals surface area contributed by atoms with Crippen LogP contribution in [0.3, 0.4) is 0 Å². The van der Waals surface area contributed by atoms with Crippen molar-refractivity contribution in [3.05, 3.63) is 33.1 Å². The Kier molecular flexibility index (Phi) is 5.08. The van der Waals surface area contributed by atoms with E-state index in [0.717, 1.165) is 19.3 Å². The van der Waals surface area contributed by atoms with Crippen LogP contribution in [0.15, 0.2) is 12.3 Å². The van der Waals surface area contributed by atoms with Crippen molar-refractivity contribution < 1.29 is 9.72 Å². The SMILES string of the molecule is CCN(CCNC(=O)c1cc(Cl)ncc1[N+](=O)[O-])C1CC1. The number of pyridine rings is 1. The summed E-state index contributed by atoms with van der Waals surface area (Å²) in [5.41, 5.74) is -0.402. The molecule has 114 valence electrons. The first-order valence-electron chi connectivity index (χ1n) is 6.85. The Balaban J connectivity index is 1.96. The summed E-state index contributed by atoms with van der Waals surface area (Å²) in [6.45, 7) is 4.19. The number of carbonyl (C=O) groups is 1. The first-order valence-corrected chi connectivity index (χ1v) is 7.23. The molecule has 0 unspecified atom stereocenters. The fourth-order valence-electron chi connectivity index (χ4n) is 2.20. The summed E-state index contributed by atoms with van der Waals surface area (Å²) in [6.07, 6.45) is 3.40. The first-order chi connectivity index (χ1) is 10.0. The maximum Gasteiger partial charge on any atom is 0.300 e. The van der Waals surface area contributed by atoms with Crippen LogP contribution in [0.5, 0.6) is 0 Å². The predicted molar refractivity (Wildman–Crippen MR) is 78.5 cm³/mol. The van der Waals surface area contributed by atoms with Gasteiger partial charge in [-0.05, 0) is 25.5 Å².